The molecule has 0 radical (unpaired) electrons. The van der Waals surface area contributed by atoms with Gasteiger partial charge in [0.25, 0.3) is 0 Å². The van der Waals surface area contributed by atoms with Crippen LogP contribution in [0.25, 0.3) is 0 Å². The average molecular weight is 410 g/mol. The van der Waals surface area contributed by atoms with Crippen molar-refractivity contribution in [3.8, 4) is 0 Å². The second-order valence-corrected chi connectivity index (χ2v) is 6.48. The van der Waals surface area contributed by atoms with Crippen LogP contribution < -0.4 is 10.6 Å². The Morgan fingerprint density at radius 1 is 1.03 bits per heavy atom. The molecular formula is C22H22N2O6. The SMILES string of the molecule is CCOC(=O)C1=C(COC(=O)[C@@H](O)c2ccccc2)NC(=O)N[C@@H]1c1ccccc1. The predicted molar refractivity (Wildman–Crippen MR) is 107 cm³/mol. The minimum absolute atomic E-state index is 0.0969. The van der Waals surface area contributed by atoms with E-state index in [0.717, 1.165) is 0 Å². The number of esters is 2. The number of ether oxygens (including phenoxy) is 2. The molecule has 3 rings (SSSR count). The Labute approximate surface area is 173 Å². The van der Waals surface area contributed by atoms with Crippen molar-refractivity contribution in [1.29, 1.82) is 0 Å². The van der Waals surface area contributed by atoms with Crippen LogP contribution in [0.1, 0.15) is 30.2 Å². The van der Waals surface area contributed by atoms with Crippen molar-refractivity contribution in [2.24, 2.45) is 0 Å². The molecule has 8 nitrogen and oxygen atoms in total. The van der Waals surface area contributed by atoms with E-state index in [9.17, 15) is 19.5 Å². The van der Waals surface area contributed by atoms with Gasteiger partial charge in [0.15, 0.2) is 6.10 Å². The molecule has 0 spiro atoms. The average Bonchev–Trinajstić information content (AvgIpc) is 2.77. The molecule has 2 atom stereocenters. The first-order valence-corrected chi connectivity index (χ1v) is 9.43. The summed E-state index contributed by atoms with van der Waals surface area (Å²) in [5, 5.41) is 15.4. The second-order valence-electron chi connectivity index (χ2n) is 6.48. The fourth-order valence-corrected chi connectivity index (χ4v) is 3.07. The van der Waals surface area contributed by atoms with Crippen molar-refractivity contribution in [2.75, 3.05) is 13.2 Å². The van der Waals surface area contributed by atoms with E-state index in [1.807, 2.05) is 6.07 Å². The molecule has 1 heterocycles. The summed E-state index contributed by atoms with van der Waals surface area (Å²) in [6, 6.07) is 15.9. The maximum atomic E-state index is 12.6. The van der Waals surface area contributed by atoms with Gasteiger partial charge in [0.1, 0.15) is 6.61 Å². The van der Waals surface area contributed by atoms with Gasteiger partial charge in [0.2, 0.25) is 0 Å². The molecule has 0 fully saturated rings. The fraction of sp³-hybridized carbons (Fsp3) is 0.227. The zero-order valence-electron chi connectivity index (χ0n) is 16.3. The number of rotatable bonds is 7. The number of carbonyl (C=O) groups excluding carboxylic acids is 3. The van der Waals surface area contributed by atoms with Crippen molar-refractivity contribution in [2.45, 2.75) is 19.1 Å². The van der Waals surface area contributed by atoms with Crippen molar-refractivity contribution in [3.63, 3.8) is 0 Å². The topological polar surface area (TPSA) is 114 Å². The van der Waals surface area contributed by atoms with Gasteiger partial charge >= 0.3 is 18.0 Å². The molecule has 30 heavy (non-hydrogen) atoms. The molecule has 0 aliphatic carbocycles. The van der Waals surface area contributed by atoms with E-state index in [1.165, 1.54) is 0 Å². The second kappa shape index (κ2) is 9.71. The van der Waals surface area contributed by atoms with Crippen molar-refractivity contribution >= 4 is 18.0 Å². The molecule has 3 N–H and O–H groups in total. The number of hydrogen-bond donors (Lipinski definition) is 3. The molecule has 8 heteroatoms. The van der Waals surface area contributed by atoms with E-state index >= 15 is 0 Å². The molecule has 2 amide bonds. The Morgan fingerprint density at radius 3 is 2.30 bits per heavy atom. The van der Waals surface area contributed by atoms with Gasteiger partial charge in [-0.3, -0.25) is 0 Å². The zero-order chi connectivity index (χ0) is 21.5. The van der Waals surface area contributed by atoms with E-state index in [0.29, 0.717) is 11.1 Å². The molecule has 2 aromatic carbocycles. The van der Waals surface area contributed by atoms with Gasteiger partial charge in [0.05, 0.1) is 23.9 Å². The number of aliphatic hydroxyl groups is 1. The third-order valence-corrected chi connectivity index (χ3v) is 4.48. The van der Waals surface area contributed by atoms with Gasteiger partial charge in [-0.15, -0.1) is 0 Å². The molecule has 156 valence electrons. The Morgan fingerprint density at radius 2 is 1.67 bits per heavy atom. The smallest absolute Gasteiger partial charge is 0.340 e. The minimum atomic E-state index is -1.49. The van der Waals surface area contributed by atoms with Crippen LogP contribution in [0, 0.1) is 0 Å². The summed E-state index contributed by atoms with van der Waals surface area (Å²) in [4.78, 5) is 37.1. The molecule has 0 saturated carbocycles. The van der Waals surface area contributed by atoms with Gasteiger partial charge in [-0.05, 0) is 18.1 Å². The van der Waals surface area contributed by atoms with Crippen molar-refractivity contribution in [1.82, 2.24) is 10.6 Å². The summed E-state index contributed by atoms with van der Waals surface area (Å²) in [6.45, 7) is 1.39. The summed E-state index contributed by atoms with van der Waals surface area (Å²) < 4.78 is 10.3. The number of aliphatic hydroxyl groups excluding tert-OH is 1. The lowest BCUT2D eigenvalue weighted by Crippen LogP contribution is -2.47. The van der Waals surface area contributed by atoms with E-state index < -0.39 is 36.7 Å². The Balaban J connectivity index is 1.86. The lowest BCUT2D eigenvalue weighted by atomic mass is 9.95. The highest BCUT2D eigenvalue weighted by molar-refractivity contribution is 5.95. The summed E-state index contributed by atoms with van der Waals surface area (Å²) in [7, 11) is 0. The number of amides is 2. The normalized spacial score (nSPS) is 16.9. The standard InChI is InChI=1S/C22H22N2O6/c1-2-29-20(26)17-16(13-30-21(27)19(25)15-11-7-4-8-12-15)23-22(28)24-18(17)14-9-5-3-6-10-14/h3-12,18-19,25H,2,13H2,1H3,(H2,23,24,28)/t18-,19+/m1/s1. The highest BCUT2D eigenvalue weighted by atomic mass is 16.5. The Kier molecular flexibility index (Phi) is 6.82. The molecule has 1 aliphatic rings. The van der Waals surface area contributed by atoms with Crippen LogP contribution >= 0.6 is 0 Å². The maximum Gasteiger partial charge on any atom is 0.340 e. The number of benzene rings is 2. The fourth-order valence-electron chi connectivity index (χ4n) is 3.07. The van der Waals surface area contributed by atoms with Crippen LogP contribution in [-0.2, 0) is 19.1 Å². The maximum absolute atomic E-state index is 12.6. The minimum Gasteiger partial charge on any atom is -0.463 e. The van der Waals surface area contributed by atoms with Gasteiger partial charge in [-0.1, -0.05) is 60.7 Å². The number of urea groups is 1. The molecule has 0 unspecified atom stereocenters. The zero-order valence-corrected chi connectivity index (χ0v) is 16.3. The number of carbonyl (C=O) groups is 3. The summed E-state index contributed by atoms with van der Waals surface area (Å²) in [6.07, 6.45) is -1.49. The summed E-state index contributed by atoms with van der Waals surface area (Å²) in [5.74, 6) is -1.55. The number of hydrogen-bond acceptors (Lipinski definition) is 6. The highest BCUT2D eigenvalue weighted by Crippen LogP contribution is 2.28. The van der Waals surface area contributed by atoms with Gasteiger partial charge < -0.3 is 25.2 Å². The van der Waals surface area contributed by atoms with E-state index in [4.69, 9.17) is 9.47 Å². The highest BCUT2D eigenvalue weighted by Gasteiger charge is 2.34. The van der Waals surface area contributed by atoms with Crippen LogP contribution in [0.2, 0.25) is 0 Å². The number of nitrogens with one attached hydrogen (secondary N) is 2. The summed E-state index contributed by atoms with van der Waals surface area (Å²) >= 11 is 0. The Bertz CT molecular complexity index is 943. The molecule has 1 aliphatic heterocycles. The third-order valence-electron chi connectivity index (χ3n) is 4.48. The monoisotopic (exact) mass is 410 g/mol. The van der Waals surface area contributed by atoms with Crippen LogP contribution in [0.4, 0.5) is 4.79 Å². The molecule has 2 aromatic rings. The quantitative estimate of drug-likeness (QED) is 0.603. The van der Waals surface area contributed by atoms with Crippen molar-refractivity contribution < 1.29 is 29.0 Å². The van der Waals surface area contributed by atoms with E-state index in [-0.39, 0.29) is 17.9 Å². The lowest BCUT2D eigenvalue weighted by Gasteiger charge is -2.29. The van der Waals surface area contributed by atoms with Crippen LogP contribution in [0.5, 0.6) is 0 Å². The molecular weight excluding hydrogens is 388 g/mol. The molecule has 0 bridgehead atoms. The largest absolute Gasteiger partial charge is 0.463 e. The first kappa shape index (κ1) is 21.1. The van der Waals surface area contributed by atoms with Crippen LogP contribution in [-0.4, -0.2) is 36.3 Å². The van der Waals surface area contributed by atoms with Crippen LogP contribution in [0.3, 0.4) is 0 Å². The first-order valence-electron chi connectivity index (χ1n) is 9.43. The Hall–Kier alpha value is -3.65. The van der Waals surface area contributed by atoms with Gasteiger partial charge in [-0.25, -0.2) is 14.4 Å². The molecule has 0 aromatic heterocycles. The van der Waals surface area contributed by atoms with E-state index in [2.05, 4.69) is 10.6 Å². The van der Waals surface area contributed by atoms with Crippen LogP contribution in [0.15, 0.2) is 71.9 Å². The summed E-state index contributed by atoms with van der Waals surface area (Å²) in [5.41, 5.74) is 1.27. The predicted octanol–water partition coefficient (Wildman–Crippen LogP) is 2.13. The van der Waals surface area contributed by atoms with Gasteiger partial charge in [0, 0.05) is 0 Å². The first-order chi connectivity index (χ1) is 14.5. The third kappa shape index (κ3) is 4.84. The van der Waals surface area contributed by atoms with Crippen molar-refractivity contribution in [3.05, 3.63) is 83.1 Å². The van der Waals surface area contributed by atoms with Gasteiger partial charge in [-0.2, -0.15) is 0 Å². The lowest BCUT2D eigenvalue weighted by molar-refractivity contribution is -0.153. The van der Waals surface area contributed by atoms with E-state index in [1.54, 1.807) is 61.5 Å². The molecule has 0 saturated heterocycles.